The zero-order valence-electron chi connectivity index (χ0n) is 16.2. The van der Waals surface area contributed by atoms with Crippen LogP contribution in [0.25, 0.3) is 0 Å². The first kappa shape index (κ1) is 19.2. The molecule has 4 rings (SSSR count). The lowest BCUT2D eigenvalue weighted by Gasteiger charge is -2.18. The number of rotatable bonds is 3. The minimum absolute atomic E-state index is 0.0753. The standard InChI is InChI=1S/C23H16N2O5/c1-12-7-8-13(2)18(11-12)24-23(28)17-10-9-16-19(20(17)25(29)30)22(27)15-6-4-3-5-14(15)21(16)26/h3-11H,1-2H3,(H,24,28). The van der Waals surface area contributed by atoms with Crippen LogP contribution in [0.4, 0.5) is 11.4 Å². The van der Waals surface area contributed by atoms with E-state index in [1.165, 1.54) is 24.3 Å². The highest BCUT2D eigenvalue weighted by atomic mass is 16.6. The molecule has 1 amide bonds. The van der Waals surface area contributed by atoms with Crippen LogP contribution in [0.5, 0.6) is 0 Å². The maximum atomic E-state index is 13.0. The van der Waals surface area contributed by atoms with E-state index in [0.29, 0.717) is 5.69 Å². The van der Waals surface area contributed by atoms with Crippen molar-refractivity contribution in [1.82, 2.24) is 0 Å². The van der Waals surface area contributed by atoms with Crippen LogP contribution in [0, 0.1) is 24.0 Å². The molecule has 148 valence electrons. The maximum absolute atomic E-state index is 13.0. The molecule has 1 aliphatic carbocycles. The molecule has 0 fully saturated rings. The first-order valence-electron chi connectivity index (χ1n) is 9.18. The van der Waals surface area contributed by atoms with Gasteiger partial charge in [-0.3, -0.25) is 24.5 Å². The Labute approximate surface area is 171 Å². The second-order valence-electron chi connectivity index (χ2n) is 7.12. The second-order valence-corrected chi connectivity index (χ2v) is 7.12. The van der Waals surface area contributed by atoms with Crippen LogP contribution in [-0.2, 0) is 0 Å². The normalized spacial score (nSPS) is 12.2. The van der Waals surface area contributed by atoms with Gasteiger partial charge >= 0.3 is 0 Å². The van der Waals surface area contributed by atoms with Crippen molar-refractivity contribution < 1.29 is 19.3 Å². The number of anilines is 1. The number of hydrogen-bond donors (Lipinski definition) is 1. The van der Waals surface area contributed by atoms with Crippen LogP contribution in [0.1, 0.15) is 53.3 Å². The number of aryl methyl sites for hydroxylation is 2. The third kappa shape index (κ3) is 2.97. The van der Waals surface area contributed by atoms with Crippen molar-refractivity contribution in [3.8, 4) is 0 Å². The van der Waals surface area contributed by atoms with E-state index in [-0.39, 0.29) is 27.8 Å². The molecule has 1 aliphatic rings. The van der Waals surface area contributed by atoms with Crippen molar-refractivity contribution in [3.63, 3.8) is 0 Å². The molecule has 7 nitrogen and oxygen atoms in total. The SMILES string of the molecule is Cc1ccc(C)c(NC(=O)c2ccc3c(c2[N+](=O)[O-])C(=O)c2ccccc2C3=O)c1. The van der Waals surface area contributed by atoms with Crippen LogP contribution in [0.2, 0.25) is 0 Å². The van der Waals surface area contributed by atoms with Crippen LogP contribution in [0.3, 0.4) is 0 Å². The van der Waals surface area contributed by atoms with Crippen LogP contribution < -0.4 is 5.32 Å². The van der Waals surface area contributed by atoms with Gasteiger partial charge in [0.15, 0.2) is 5.78 Å². The van der Waals surface area contributed by atoms with Gasteiger partial charge in [-0.25, -0.2) is 0 Å². The van der Waals surface area contributed by atoms with Crippen LogP contribution in [-0.4, -0.2) is 22.4 Å². The highest BCUT2D eigenvalue weighted by Gasteiger charge is 2.38. The number of nitrogens with zero attached hydrogens (tertiary/aromatic N) is 1. The molecule has 0 heterocycles. The fourth-order valence-electron chi connectivity index (χ4n) is 3.60. The van der Waals surface area contributed by atoms with Gasteiger partial charge in [-0.1, -0.05) is 36.4 Å². The van der Waals surface area contributed by atoms with Crippen molar-refractivity contribution in [2.45, 2.75) is 13.8 Å². The second kappa shape index (κ2) is 7.04. The summed E-state index contributed by atoms with van der Waals surface area (Å²) in [5.41, 5.74) is 1.12. The Morgan fingerprint density at radius 3 is 2.23 bits per heavy atom. The average Bonchev–Trinajstić information content (AvgIpc) is 2.73. The minimum atomic E-state index is -0.782. The molecule has 3 aromatic rings. The van der Waals surface area contributed by atoms with E-state index in [2.05, 4.69) is 5.32 Å². The molecule has 7 heteroatoms. The van der Waals surface area contributed by atoms with E-state index in [9.17, 15) is 24.5 Å². The highest BCUT2D eigenvalue weighted by molar-refractivity contribution is 6.30. The van der Waals surface area contributed by atoms with Crippen molar-refractivity contribution in [2.24, 2.45) is 0 Å². The number of nitro groups is 1. The maximum Gasteiger partial charge on any atom is 0.294 e. The third-order valence-corrected chi connectivity index (χ3v) is 5.13. The van der Waals surface area contributed by atoms with E-state index in [1.54, 1.807) is 25.1 Å². The predicted molar refractivity (Wildman–Crippen MR) is 110 cm³/mol. The molecule has 0 aromatic heterocycles. The van der Waals surface area contributed by atoms with Gasteiger partial charge in [-0.15, -0.1) is 0 Å². The molecule has 0 spiro atoms. The molecule has 0 unspecified atom stereocenters. The lowest BCUT2D eigenvalue weighted by molar-refractivity contribution is -0.385. The molecule has 30 heavy (non-hydrogen) atoms. The summed E-state index contributed by atoms with van der Waals surface area (Å²) in [4.78, 5) is 49.9. The molecule has 0 radical (unpaired) electrons. The Bertz CT molecular complexity index is 1280. The third-order valence-electron chi connectivity index (χ3n) is 5.13. The fourth-order valence-corrected chi connectivity index (χ4v) is 3.60. The molecule has 0 bridgehead atoms. The number of benzene rings is 3. The monoisotopic (exact) mass is 400 g/mol. The molecule has 3 aromatic carbocycles. The summed E-state index contributed by atoms with van der Waals surface area (Å²) in [6.45, 7) is 3.66. The first-order valence-corrected chi connectivity index (χ1v) is 9.18. The Kier molecular flexibility index (Phi) is 4.50. The summed E-state index contributed by atoms with van der Waals surface area (Å²) in [6.07, 6.45) is 0. The Balaban J connectivity index is 1.86. The number of nitrogens with one attached hydrogen (secondary N) is 1. The van der Waals surface area contributed by atoms with Gasteiger partial charge in [0.2, 0.25) is 5.78 Å². The molecule has 0 saturated heterocycles. The van der Waals surface area contributed by atoms with Gasteiger partial charge in [0.1, 0.15) is 11.1 Å². The summed E-state index contributed by atoms with van der Waals surface area (Å²) >= 11 is 0. The van der Waals surface area contributed by atoms with Crippen molar-refractivity contribution in [2.75, 3.05) is 5.32 Å². The summed E-state index contributed by atoms with van der Waals surface area (Å²) in [7, 11) is 0. The number of ketones is 2. The lowest BCUT2D eigenvalue weighted by atomic mass is 9.82. The first-order chi connectivity index (χ1) is 14.3. The van der Waals surface area contributed by atoms with Gasteiger partial charge in [0.05, 0.1) is 4.92 Å². The van der Waals surface area contributed by atoms with E-state index in [0.717, 1.165) is 11.1 Å². The fraction of sp³-hybridized carbons (Fsp3) is 0.0870. The number of carbonyl (C=O) groups excluding carboxylic acids is 3. The molecule has 0 atom stereocenters. The van der Waals surface area contributed by atoms with Gasteiger partial charge in [0.25, 0.3) is 11.6 Å². The van der Waals surface area contributed by atoms with Crippen molar-refractivity contribution in [3.05, 3.63) is 104 Å². The Morgan fingerprint density at radius 1 is 0.900 bits per heavy atom. The Hall–Kier alpha value is -4.13. The highest BCUT2D eigenvalue weighted by Crippen LogP contribution is 2.36. The number of amides is 1. The van der Waals surface area contributed by atoms with Crippen molar-refractivity contribution in [1.29, 1.82) is 0 Å². The van der Waals surface area contributed by atoms with Gasteiger partial charge in [0, 0.05) is 22.4 Å². The van der Waals surface area contributed by atoms with Crippen LogP contribution >= 0.6 is 0 Å². The number of fused-ring (bicyclic) bond motifs is 2. The van der Waals surface area contributed by atoms with E-state index >= 15 is 0 Å². The Morgan fingerprint density at radius 2 is 1.57 bits per heavy atom. The number of carbonyl (C=O) groups is 3. The average molecular weight is 400 g/mol. The smallest absolute Gasteiger partial charge is 0.294 e. The van der Waals surface area contributed by atoms with Crippen molar-refractivity contribution >= 4 is 28.8 Å². The lowest BCUT2D eigenvalue weighted by Crippen LogP contribution is -2.24. The van der Waals surface area contributed by atoms with E-state index in [1.807, 2.05) is 19.1 Å². The largest absolute Gasteiger partial charge is 0.322 e. The summed E-state index contributed by atoms with van der Waals surface area (Å²) in [6, 6.07) is 14.1. The molecular formula is C23H16N2O5. The summed E-state index contributed by atoms with van der Waals surface area (Å²) in [5, 5.41) is 14.6. The summed E-state index contributed by atoms with van der Waals surface area (Å²) in [5.74, 6) is -1.85. The molecule has 1 N–H and O–H groups in total. The summed E-state index contributed by atoms with van der Waals surface area (Å²) < 4.78 is 0. The number of nitro benzene ring substituents is 1. The van der Waals surface area contributed by atoms with E-state index in [4.69, 9.17) is 0 Å². The van der Waals surface area contributed by atoms with Gasteiger partial charge < -0.3 is 5.32 Å². The number of hydrogen-bond acceptors (Lipinski definition) is 5. The quantitative estimate of drug-likeness (QED) is 0.409. The van der Waals surface area contributed by atoms with Crippen LogP contribution in [0.15, 0.2) is 54.6 Å². The molecular weight excluding hydrogens is 384 g/mol. The molecule has 0 aliphatic heterocycles. The van der Waals surface area contributed by atoms with Gasteiger partial charge in [-0.05, 0) is 43.2 Å². The molecule has 0 saturated carbocycles. The zero-order chi connectivity index (χ0) is 21.6. The predicted octanol–water partition coefficient (Wildman–Crippen LogP) is 4.24. The van der Waals surface area contributed by atoms with Gasteiger partial charge in [-0.2, -0.15) is 0 Å². The topological polar surface area (TPSA) is 106 Å². The van der Waals surface area contributed by atoms with E-state index < -0.39 is 28.1 Å². The zero-order valence-corrected chi connectivity index (χ0v) is 16.2. The minimum Gasteiger partial charge on any atom is -0.322 e.